The van der Waals surface area contributed by atoms with Crippen LogP contribution in [0.25, 0.3) is 10.9 Å². The molecule has 0 unspecified atom stereocenters. The summed E-state index contributed by atoms with van der Waals surface area (Å²) >= 11 is 0. The molecule has 0 radical (unpaired) electrons. The Morgan fingerprint density at radius 2 is 1.88 bits per heavy atom. The van der Waals surface area contributed by atoms with Gasteiger partial charge in [0, 0.05) is 37.3 Å². The van der Waals surface area contributed by atoms with Crippen LogP contribution in [0.5, 0.6) is 0 Å². The first-order valence-electron chi connectivity index (χ1n) is 13.6. The highest BCUT2D eigenvalue weighted by Crippen LogP contribution is 2.22. The number of hydrogen-bond donors (Lipinski definition) is 2. The maximum absolute atomic E-state index is 13.7. The van der Waals surface area contributed by atoms with Gasteiger partial charge in [-0.3, -0.25) is 14.6 Å². The van der Waals surface area contributed by atoms with Crippen molar-refractivity contribution >= 4 is 22.5 Å². The third kappa shape index (κ3) is 6.04. The van der Waals surface area contributed by atoms with Crippen molar-refractivity contribution < 1.29 is 13.6 Å². The Kier molecular flexibility index (Phi) is 8.21. The number of halogens is 2. The largest absolute Gasteiger partial charge is 0.381 e. The summed E-state index contributed by atoms with van der Waals surface area (Å²) in [5.74, 6) is -2.46. The summed E-state index contributed by atoms with van der Waals surface area (Å²) < 4.78 is 28.4. The second kappa shape index (κ2) is 12.0. The summed E-state index contributed by atoms with van der Waals surface area (Å²) in [4.78, 5) is 33.1. The summed E-state index contributed by atoms with van der Waals surface area (Å²) in [6.45, 7) is 7.38. The third-order valence-corrected chi connectivity index (χ3v) is 7.67. The number of carbonyl (C=O) groups excluding carboxylic acids is 1. The number of hydrogen-bond acceptors (Lipinski definition) is 5. The molecule has 5 rings (SSSR count). The standard InChI is InChI=1S/C31H33F2N5O2/c1-3-37-13-10-24(11-14-37)36-25-16-23-15-21(6-9-29(23)34-19-25)18-35-30(39)26-5-4-12-38(31(26)40)20(2)22-7-8-27(32)28(33)17-22/h4-9,12,15-17,19-20,24,36H,3,10-11,13-14,18H2,1-2H3,(H,35,39)/t20-/m0/s1. The van der Waals surface area contributed by atoms with Gasteiger partial charge in [-0.15, -0.1) is 0 Å². The minimum Gasteiger partial charge on any atom is -0.381 e. The van der Waals surface area contributed by atoms with E-state index >= 15 is 0 Å². The number of pyridine rings is 2. The number of nitrogens with one attached hydrogen (secondary N) is 2. The smallest absolute Gasteiger partial charge is 0.263 e. The Morgan fingerprint density at radius 3 is 2.62 bits per heavy atom. The molecule has 3 heterocycles. The number of likely N-dealkylation sites (tertiary alicyclic amines) is 1. The van der Waals surface area contributed by atoms with Gasteiger partial charge in [0.2, 0.25) is 0 Å². The summed E-state index contributed by atoms with van der Waals surface area (Å²) in [5, 5.41) is 7.41. The second-order valence-electron chi connectivity index (χ2n) is 10.3. The predicted octanol–water partition coefficient (Wildman–Crippen LogP) is 5.11. The first kappa shape index (κ1) is 27.5. The molecule has 1 amide bonds. The van der Waals surface area contributed by atoms with Gasteiger partial charge in [0.25, 0.3) is 11.5 Å². The maximum Gasteiger partial charge on any atom is 0.263 e. The zero-order valence-corrected chi connectivity index (χ0v) is 22.7. The second-order valence-corrected chi connectivity index (χ2v) is 10.3. The molecule has 0 aliphatic carbocycles. The molecule has 0 saturated carbocycles. The summed E-state index contributed by atoms with van der Waals surface area (Å²) in [5.41, 5.74) is 2.59. The number of nitrogens with zero attached hydrogens (tertiary/aromatic N) is 3. The van der Waals surface area contributed by atoms with Crippen molar-refractivity contribution in [3.63, 3.8) is 0 Å². The molecule has 1 aliphatic rings. The molecule has 1 aliphatic heterocycles. The molecule has 2 N–H and O–H groups in total. The molecule has 2 aromatic carbocycles. The fourth-order valence-corrected chi connectivity index (χ4v) is 5.20. The Morgan fingerprint density at radius 1 is 1.07 bits per heavy atom. The average Bonchev–Trinajstić information content (AvgIpc) is 2.97. The number of aromatic nitrogens is 2. The van der Waals surface area contributed by atoms with E-state index in [2.05, 4.69) is 33.5 Å². The molecule has 1 saturated heterocycles. The number of benzene rings is 2. The molecule has 1 fully saturated rings. The number of piperidine rings is 1. The third-order valence-electron chi connectivity index (χ3n) is 7.67. The molecule has 40 heavy (non-hydrogen) atoms. The van der Waals surface area contributed by atoms with Gasteiger partial charge in [0.1, 0.15) is 5.56 Å². The lowest BCUT2D eigenvalue weighted by atomic mass is 10.0. The average molecular weight is 546 g/mol. The molecular weight excluding hydrogens is 512 g/mol. The lowest BCUT2D eigenvalue weighted by molar-refractivity contribution is 0.0948. The quantitative estimate of drug-likeness (QED) is 0.322. The summed E-state index contributed by atoms with van der Waals surface area (Å²) in [7, 11) is 0. The highest BCUT2D eigenvalue weighted by atomic mass is 19.2. The molecule has 4 aromatic rings. The number of carbonyl (C=O) groups is 1. The van der Waals surface area contributed by atoms with Crippen LogP contribution in [0.2, 0.25) is 0 Å². The minimum atomic E-state index is -0.989. The fraction of sp³-hybridized carbons (Fsp3) is 0.323. The van der Waals surface area contributed by atoms with Crippen molar-refractivity contribution in [1.82, 2.24) is 19.8 Å². The normalized spacial score (nSPS) is 15.2. The van der Waals surface area contributed by atoms with E-state index in [0.717, 1.165) is 66.8 Å². The van der Waals surface area contributed by atoms with E-state index in [1.165, 1.54) is 22.9 Å². The Labute approximate surface area is 231 Å². The monoisotopic (exact) mass is 545 g/mol. The highest BCUT2D eigenvalue weighted by Gasteiger charge is 2.19. The van der Waals surface area contributed by atoms with Crippen LogP contribution in [-0.2, 0) is 6.54 Å². The van der Waals surface area contributed by atoms with E-state index in [4.69, 9.17) is 0 Å². The Bertz CT molecular complexity index is 1580. The molecule has 208 valence electrons. The van der Waals surface area contributed by atoms with E-state index in [9.17, 15) is 18.4 Å². The topological polar surface area (TPSA) is 79.3 Å². The Balaban J connectivity index is 1.26. The first-order valence-corrected chi connectivity index (χ1v) is 13.6. The van der Waals surface area contributed by atoms with Crippen LogP contribution in [0.1, 0.15) is 54.2 Å². The van der Waals surface area contributed by atoms with Crippen LogP contribution < -0.4 is 16.2 Å². The summed E-state index contributed by atoms with van der Waals surface area (Å²) in [6, 6.07) is 14.3. The molecule has 0 spiro atoms. The zero-order valence-electron chi connectivity index (χ0n) is 22.7. The van der Waals surface area contributed by atoms with Gasteiger partial charge in [-0.05, 0) is 79.9 Å². The van der Waals surface area contributed by atoms with Crippen molar-refractivity contribution in [3.05, 3.63) is 106 Å². The highest BCUT2D eigenvalue weighted by molar-refractivity contribution is 5.93. The van der Waals surface area contributed by atoms with Gasteiger partial charge in [-0.2, -0.15) is 0 Å². The van der Waals surface area contributed by atoms with Crippen LogP contribution in [0.15, 0.2) is 71.8 Å². The van der Waals surface area contributed by atoms with Crippen molar-refractivity contribution in [2.75, 3.05) is 25.0 Å². The first-order chi connectivity index (χ1) is 19.3. The van der Waals surface area contributed by atoms with Crippen molar-refractivity contribution in [2.45, 2.75) is 45.3 Å². The van der Waals surface area contributed by atoms with Crippen molar-refractivity contribution in [3.8, 4) is 0 Å². The summed E-state index contributed by atoms with van der Waals surface area (Å²) in [6.07, 6.45) is 5.58. The van der Waals surface area contributed by atoms with Gasteiger partial charge >= 0.3 is 0 Å². The van der Waals surface area contributed by atoms with Gasteiger partial charge in [0.05, 0.1) is 23.4 Å². The molecule has 9 heteroatoms. The van der Waals surface area contributed by atoms with E-state index < -0.39 is 29.1 Å². The maximum atomic E-state index is 13.7. The van der Waals surface area contributed by atoms with E-state index in [1.54, 1.807) is 13.0 Å². The predicted molar refractivity (Wildman–Crippen MR) is 153 cm³/mol. The molecule has 1 atom stereocenters. The van der Waals surface area contributed by atoms with Crippen molar-refractivity contribution in [1.29, 1.82) is 0 Å². The van der Waals surface area contributed by atoms with Crippen LogP contribution in [0.3, 0.4) is 0 Å². The lowest BCUT2D eigenvalue weighted by Crippen LogP contribution is -2.38. The van der Waals surface area contributed by atoms with E-state index in [1.807, 2.05) is 24.4 Å². The van der Waals surface area contributed by atoms with Crippen LogP contribution in [0.4, 0.5) is 14.5 Å². The number of anilines is 1. The molecule has 7 nitrogen and oxygen atoms in total. The van der Waals surface area contributed by atoms with Gasteiger partial charge in [0.15, 0.2) is 11.6 Å². The zero-order chi connectivity index (χ0) is 28.2. The van der Waals surface area contributed by atoms with Gasteiger partial charge < -0.3 is 20.1 Å². The van der Waals surface area contributed by atoms with Crippen molar-refractivity contribution in [2.24, 2.45) is 0 Å². The van der Waals surface area contributed by atoms with Crippen LogP contribution in [-0.4, -0.2) is 46.0 Å². The molecular formula is C31H33F2N5O2. The fourth-order valence-electron chi connectivity index (χ4n) is 5.20. The lowest BCUT2D eigenvalue weighted by Gasteiger charge is -2.32. The number of amides is 1. The molecule has 0 bridgehead atoms. The van der Waals surface area contributed by atoms with Gasteiger partial charge in [-0.1, -0.05) is 19.1 Å². The van der Waals surface area contributed by atoms with Crippen LogP contribution in [0, 0.1) is 11.6 Å². The number of fused-ring (bicyclic) bond motifs is 1. The van der Waals surface area contributed by atoms with E-state index in [0.29, 0.717) is 11.6 Å². The minimum absolute atomic E-state index is 0.0278. The molecule has 2 aromatic heterocycles. The van der Waals surface area contributed by atoms with E-state index in [-0.39, 0.29) is 12.1 Å². The van der Waals surface area contributed by atoms with Gasteiger partial charge in [-0.25, -0.2) is 8.78 Å². The SMILES string of the molecule is CCN1CCC(Nc2cnc3ccc(CNC(=O)c4cccn([C@@H](C)c5ccc(F)c(F)c5)c4=O)cc3c2)CC1. The Hall–Kier alpha value is -4.11. The number of rotatable bonds is 8. The van der Waals surface area contributed by atoms with Crippen LogP contribution >= 0.6 is 0 Å².